The molecule has 3 aromatic carbocycles. The fourth-order valence-electron chi connectivity index (χ4n) is 4.44. The number of para-hydroxylation sites is 1. The molecule has 0 aliphatic carbocycles. The van der Waals surface area contributed by atoms with Crippen LogP contribution in [0.1, 0.15) is 38.8 Å². The summed E-state index contributed by atoms with van der Waals surface area (Å²) in [6.45, 7) is 6.21. The van der Waals surface area contributed by atoms with E-state index >= 15 is 4.39 Å². The number of fused-ring (bicyclic) bond motifs is 2. The van der Waals surface area contributed by atoms with Crippen LogP contribution in [0, 0.1) is 5.82 Å². The molecular formula is C29H30FN5O4. The molecule has 9 nitrogen and oxygen atoms in total. The largest absolute Gasteiger partial charge is 0.486 e. The van der Waals surface area contributed by atoms with Crippen LogP contribution >= 0.6 is 0 Å². The Bertz CT molecular complexity index is 1520. The average Bonchev–Trinajstić information content (AvgIpc) is 3.34. The third-order valence-corrected chi connectivity index (χ3v) is 6.83. The first-order chi connectivity index (χ1) is 18.8. The van der Waals surface area contributed by atoms with Gasteiger partial charge in [0.2, 0.25) is 11.8 Å². The van der Waals surface area contributed by atoms with Gasteiger partial charge in [-0.25, -0.2) is 9.07 Å². The van der Waals surface area contributed by atoms with Gasteiger partial charge < -0.3 is 14.8 Å². The van der Waals surface area contributed by atoms with Crippen molar-refractivity contribution < 1.29 is 23.5 Å². The van der Waals surface area contributed by atoms with Crippen LogP contribution in [0.4, 0.5) is 10.1 Å². The fraction of sp³-hybridized carbons (Fsp3) is 0.310. The quantitative estimate of drug-likeness (QED) is 0.362. The van der Waals surface area contributed by atoms with Gasteiger partial charge in [0.15, 0.2) is 11.5 Å². The van der Waals surface area contributed by atoms with Gasteiger partial charge in [-0.15, -0.1) is 5.10 Å². The zero-order valence-corrected chi connectivity index (χ0v) is 22.1. The van der Waals surface area contributed by atoms with Crippen LogP contribution in [0.15, 0.2) is 66.7 Å². The number of nitrogens with one attached hydrogen (secondary N) is 1. The Morgan fingerprint density at radius 3 is 2.54 bits per heavy atom. The minimum atomic E-state index is -1.32. The summed E-state index contributed by atoms with van der Waals surface area (Å²) >= 11 is 0. The highest BCUT2D eigenvalue weighted by atomic mass is 19.1. The number of ether oxygens (including phenoxy) is 2. The third-order valence-electron chi connectivity index (χ3n) is 6.83. The molecule has 2 heterocycles. The highest BCUT2D eigenvalue weighted by Crippen LogP contribution is 2.38. The van der Waals surface area contributed by atoms with Crippen molar-refractivity contribution in [2.24, 2.45) is 0 Å². The molecule has 0 radical (unpaired) electrons. The monoisotopic (exact) mass is 531 g/mol. The van der Waals surface area contributed by atoms with Gasteiger partial charge in [-0.1, -0.05) is 42.5 Å². The summed E-state index contributed by atoms with van der Waals surface area (Å²) in [6.07, 6.45) is 0.631. The van der Waals surface area contributed by atoms with Crippen molar-refractivity contribution in [3.8, 4) is 11.5 Å². The van der Waals surface area contributed by atoms with Crippen molar-refractivity contribution in [2.45, 2.75) is 45.3 Å². The molecule has 10 heteroatoms. The standard InChI is InChI=1S/C29H30FN5O4/c1-4-29(2,3)31-28(37)27(20-9-5-6-10-21(20)30)35(19-13-14-24-25(17-19)39-16-15-38-24)26(36)18-34-23-12-8-7-11-22(23)32-33-34/h5-14,17,27H,4,15-16,18H2,1-3H3,(H,31,37)/t27-/m1/s1. The molecule has 1 aliphatic rings. The minimum absolute atomic E-state index is 0.0635. The molecular weight excluding hydrogens is 501 g/mol. The molecule has 0 saturated carbocycles. The van der Waals surface area contributed by atoms with Crippen LogP contribution in [0.25, 0.3) is 11.0 Å². The summed E-state index contributed by atoms with van der Waals surface area (Å²) in [4.78, 5) is 29.4. The van der Waals surface area contributed by atoms with Crippen LogP contribution in [0.5, 0.6) is 11.5 Å². The minimum Gasteiger partial charge on any atom is -0.486 e. The third kappa shape index (κ3) is 5.41. The zero-order valence-electron chi connectivity index (χ0n) is 22.1. The van der Waals surface area contributed by atoms with E-state index in [1.165, 1.54) is 21.7 Å². The molecule has 0 saturated heterocycles. The number of halogens is 1. The molecule has 0 bridgehead atoms. The van der Waals surface area contributed by atoms with E-state index < -0.39 is 29.2 Å². The van der Waals surface area contributed by atoms with Crippen LogP contribution in [0.3, 0.4) is 0 Å². The molecule has 39 heavy (non-hydrogen) atoms. The highest BCUT2D eigenvalue weighted by Gasteiger charge is 2.37. The Kier molecular flexibility index (Phi) is 7.19. The predicted molar refractivity (Wildman–Crippen MR) is 144 cm³/mol. The second kappa shape index (κ2) is 10.7. The van der Waals surface area contributed by atoms with Crippen LogP contribution < -0.4 is 19.7 Å². The lowest BCUT2D eigenvalue weighted by molar-refractivity contribution is -0.128. The molecule has 0 unspecified atom stereocenters. The van der Waals surface area contributed by atoms with Gasteiger partial charge in [0.05, 0.1) is 5.52 Å². The molecule has 4 aromatic rings. The molecule has 0 fully saturated rings. The van der Waals surface area contributed by atoms with Crippen molar-refractivity contribution in [2.75, 3.05) is 18.1 Å². The summed E-state index contributed by atoms with van der Waals surface area (Å²) in [5.74, 6) is -0.643. The van der Waals surface area contributed by atoms with Crippen molar-refractivity contribution in [1.29, 1.82) is 0 Å². The van der Waals surface area contributed by atoms with Crippen LogP contribution in [0.2, 0.25) is 0 Å². The van der Waals surface area contributed by atoms with Crippen molar-refractivity contribution in [1.82, 2.24) is 20.3 Å². The molecule has 5 rings (SSSR count). The number of aromatic nitrogens is 3. The first-order valence-electron chi connectivity index (χ1n) is 12.8. The summed E-state index contributed by atoms with van der Waals surface area (Å²) < 4.78 is 28.2. The van der Waals surface area contributed by atoms with Gasteiger partial charge in [0.25, 0.3) is 0 Å². The maximum atomic E-state index is 15.3. The van der Waals surface area contributed by atoms with E-state index in [9.17, 15) is 9.59 Å². The van der Waals surface area contributed by atoms with Gasteiger partial charge in [0.1, 0.15) is 37.1 Å². The normalized spacial score (nSPS) is 13.6. The second-order valence-corrected chi connectivity index (χ2v) is 9.98. The van der Waals surface area contributed by atoms with Gasteiger partial charge in [-0.3, -0.25) is 14.5 Å². The maximum Gasteiger partial charge on any atom is 0.249 e. The molecule has 1 N–H and O–H groups in total. The molecule has 2 amide bonds. The highest BCUT2D eigenvalue weighted by molar-refractivity contribution is 6.02. The van der Waals surface area contributed by atoms with E-state index in [1.807, 2.05) is 39.0 Å². The lowest BCUT2D eigenvalue weighted by Crippen LogP contribution is -2.51. The molecule has 1 atom stereocenters. The predicted octanol–water partition coefficient (Wildman–Crippen LogP) is 4.42. The van der Waals surface area contributed by atoms with E-state index in [1.54, 1.807) is 36.4 Å². The number of anilines is 1. The van der Waals surface area contributed by atoms with E-state index in [0.29, 0.717) is 47.9 Å². The van der Waals surface area contributed by atoms with Crippen LogP contribution in [-0.4, -0.2) is 45.6 Å². The van der Waals surface area contributed by atoms with E-state index in [-0.39, 0.29) is 12.1 Å². The molecule has 1 aliphatic heterocycles. The Labute approximate surface area is 225 Å². The van der Waals surface area contributed by atoms with Gasteiger partial charge in [-0.2, -0.15) is 0 Å². The summed E-state index contributed by atoms with van der Waals surface area (Å²) in [7, 11) is 0. The van der Waals surface area contributed by atoms with Gasteiger partial charge in [-0.05, 0) is 50.6 Å². The number of hydrogen-bond donors (Lipinski definition) is 1. The summed E-state index contributed by atoms with van der Waals surface area (Å²) in [5, 5.41) is 11.3. The van der Waals surface area contributed by atoms with E-state index in [2.05, 4.69) is 15.6 Å². The summed E-state index contributed by atoms with van der Waals surface area (Å²) in [5.41, 5.74) is 1.11. The van der Waals surface area contributed by atoms with E-state index in [0.717, 1.165) is 0 Å². The van der Waals surface area contributed by atoms with Crippen LogP contribution in [-0.2, 0) is 16.1 Å². The van der Waals surface area contributed by atoms with Crippen molar-refractivity contribution in [3.63, 3.8) is 0 Å². The van der Waals surface area contributed by atoms with Gasteiger partial charge >= 0.3 is 0 Å². The lowest BCUT2D eigenvalue weighted by Gasteiger charge is -2.35. The number of rotatable bonds is 8. The lowest BCUT2D eigenvalue weighted by atomic mass is 9.97. The topological polar surface area (TPSA) is 98.6 Å². The van der Waals surface area contributed by atoms with Crippen molar-refractivity contribution in [3.05, 3.63) is 78.1 Å². The average molecular weight is 532 g/mol. The number of benzene rings is 3. The number of hydrogen-bond acceptors (Lipinski definition) is 6. The van der Waals surface area contributed by atoms with Gasteiger partial charge in [0, 0.05) is 22.9 Å². The van der Waals surface area contributed by atoms with Crippen molar-refractivity contribution >= 4 is 28.5 Å². The maximum absolute atomic E-state index is 15.3. The zero-order chi connectivity index (χ0) is 27.6. The number of amides is 2. The Hall–Kier alpha value is -4.47. The Morgan fingerprint density at radius 2 is 1.77 bits per heavy atom. The Morgan fingerprint density at radius 1 is 1.05 bits per heavy atom. The van der Waals surface area contributed by atoms with E-state index in [4.69, 9.17) is 9.47 Å². The number of carbonyl (C=O) groups is 2. The first-order valence-corrected chi connectivity index (χ1v) is 12.8. The number of nitrogens with zero attached hydrogens (tertiary/aromatic N) is 4. The summed E-state index contributed by atoms with van der Waals surface area (Å²) in [6, 6.07) is 16.9. The first kappa shape index (κ1) is 26.1. The molecule has 202 valence electrons. The SMILES string of the molecule is CCC(C)(C)NC(=O)[C@@H](c1ccccc1F)N(C(=O)Cn1nnc2ccccc21)c1ccc2c(c1)OCCO2. The second-order valence-electron chi connectivity index (χ2n) is 9.98. The fourth-order valence-corrected chi connectivity index (χ4v) is 4.44. The Balaban J connectivity index is 1.64. The molecule has 0 spiro atoms. The number of carbonyl (C=O) groups excluding carboxylic acids is 2. The molecule has 1 aromatic heterocycles. The smallest absolute Gasteiger partial charge is 0.249 e.